The van der Waals surface area contributed by atoms with Crippen LogP contribution in [0.4, 0.5) is 0 Å². The van der Waals surface area contributed by atoms with Gasteiger partial charge in [0.15, 0.2) is 5.16 Å². The van der Waals surface area contributed by atoms with Crippen LogP contribution in [0.1, 0.15) is 32.2 Å². The number of nitrogens with zero attached hydrogens (tertiary/aromatic N) is 2. The Morgan fingerprint density at radius 3 is 2.81 bits per heavy atom. The van der Waals surface area contributed by atoms with Gasteiger partial charge >= 0.3 is 5.97 Å². The number of aliphatic carboxylic acids is 1. The molecule has 0 aliphatic heterocycles. The topological polar surface area (TPSA) is 68.3 Å². The SMILES string of the molecule is CC(C)(C)c1cnc(SCC(=O)O)n1CCc1ccco1. The van der Waals surface area contributed by atoms with Crippen molar-refractivity contribution in [3.05, 3.63) is 36.0 Å². The first-order chi connectivity index (χ1) is 9.88. The Morgan fingerprint density at radius 2 is 2.24 bits per heavy atom. The van der Waals surface area contributed by atoms with E-state index < -0.39 is 5.97 Å². The summed E-state index contributed by atoms with van der Waals surface area (Å²) < 4.78 is 7.45. The minimum Gasteiger partial charge on any atom is -0.481 e. The molecule has 2 rings (SSSR count). The second kappa shape index (κ2) is 6.39. The van der Waals surface area contributed by atoms with Crippen molar-refractivity contribution in [3.63, 3.8) is 0 Å². The highest BCUT2D eigenvalue weighted by molar-refractivity contribution is 7.99. The lowest BCUT2D eigenvalue weighted by molar-refractivity contribution is -0.133. The molecule has 0 aliphatic rings. The van der Waals surface area contributed by atoms with Crippen LogP contribution in [0, 0.1) is 0 Å². The van der Waals surface area contributed by atoms with Gasteiger partial charge in [0, 0.05) is 30.3 Å². The fraction of sp³-hybridized carbons (Fsp3) is 0.467. The Balaban J connectivity index is 2.20. The van der Waals surface area contributed by atoms with Gasteiger partial charge in [0.2, 0.25) is 0 Å². The number of carboxylic acids is 1. The van der Waals surface area contributed by atoms with Gasteiger partial charge in [0.1, 0.15) is 5.76 Å². The fourth-order valence-corrected chi connectivity index (χ4v) is 2.82. The number of rotatable bonds is 6. The number of aromatic nitrogens is 2. The molecule has 0 spiro atoms. The van der Waals surface area contributed by atoms with E-state index in [1.807, 2.05) is 18.3 Å². The number of imidazole rings is 1. The number of furan rings is 1. The fourth-order valence-electron chi connectivity index (χ4n) is 2.09. The molecule has 21 heavy (non-hydrogen) atoms. The van der Waals surface area contributed by atoms with Crippen LogP contribution in [0.15, 0.2) is 34.2 Å². The summed E-state index contributed by atoms with van der Waals surface area (Å²) >= 11 is 1.25. The van der Waals surface area contributed by atoms with Crippen molar-refractivity contribution >= 4 is 17.7 Å². The molecular weight excluding hydrogens is 288 g/mol. The Kier molecular flexibility index (Phi) is 4.77. The Bertz CT molecular complexity index is 597. The molecule has 0 amide bonds. The number of hydrogen-bond donors (Lipinski definition) is 1. The summed E-state index contributed by atoms with van der Waals surface area (Å²) in [5.41, 5.74) is 1.06. The van der Waals surface area contributed by atoms with E-state index in [9.17, 15) is 4.79 Å². The van der Waals surface area contributed by atoms with Gasteiger partial charge in [0.25, 0.3) is 0 Å². The lowest BCUT2D eigenvalue weighted by Gasteiger charge is -2.21. The van der Waals surface area contributed by atoms with Gasteiger partial charge in [-0.15, -0.1) is 0 Å². The first-order valence-corrected chi connectivity index (χ1v) is 7.79. The lowest BCUT2D eigenvalue weighted by atomic mass is 9.92. The largest absolute Gasteiger partial charge is 0.481 e. The van der Waals surface area contributed by atoms with Crippen molar-refractivity contribution in [1.29, 1.82) is 0 Å². The van der Waals surface area contributed by atoms with Crippen molar-refractivity contribution in [2.45, 2.75) is 44.3 Å². The molecule has 0 unspecified atom stereocenters. The Hall–Kier alpha value is -1.69. The van der Waals surface area contributed by atoms with Crippen molar-refractivity contribution in [2.24, 2.45) is 0 Å². The zero-order valence-corrected chi connectivity index (χ0v) is 13.3. The zero-order chi connectivity index (χ0) is 15.5. The van der Waals surface area contributed by atoms with E-state index >= 15 is 0 Å². The van der Waals surface area contributed by atoms with Gasteiger partial charge in [-0.2, -0.15) is 0 Å². The van der Waals surface area contributed by atoms with E-state index in [1.54, 1.807) is 6.26 Å². The highest BCUT2D eigenvalue weighted by Crippen LogP contribution is 2.27. The van der Waals surface area contributed by atoms with Crippen LogP contribution in [0.3, 0.4) is 0 Å². The molecule has 0 bridgehead atoms. The van der Waals surface area contributed by atoms with Gasteiger partial charge in [-0.1, -0.05) is 32.5 Å². The molecule has 0 atom stereocenters. The summed E-state index contributed by atoms with van der Waals surface area (Å²) in [7, 11) is 0. The van der Waals surface area contributed by atoms with Crippen LogP contribution >= 0.6 is 11.8 Å². The summed E-state index contributed by atoms with van der Waals surface area (Å²) in [4.78, 5) is 15.1. The smallest absolute Gasteiger partial charge is 0.313 e. The molecule has 0 aromatic carbocycles. The molecule has 0 saturated heterocycles. The number of hydrogen-bond acceptors (Lipinski definition) is 4. The standard InChI is InChI=1S/C15H20N2O3S/c1-15(2,3)12-9-16-14(21-10-13(18)19)17(12)7-6-11-5-4-8-20-11/h4-5,8-9H,6-7,10H2,1-3H3,(H,18,19). The monoisotopic (exact) mass is 308 g/mol. The van der Waals surface area contributed by atoms with Gasteiger partial charge in [-0.3, -0.25) is 4.79 Å². The molecule has 2 aromatic heterocycles. The predicted molar refractivity (Wildman–Crippen MR) is 81.7 cm³/mol. The second-order valence-electron chi connectivity index (χ2n) is 5.84. The van der Waals surface area contributed by atoms with E-state index in [-0.39, 0.29) is 11.2 Å². The predicted octanol–water partition coefficient (Wildman–Crippen LogP) is 3.19. The summed E-state index contributed by atoms with van der Waals surface area (Å²) in [5, 5.41) is 9.58. The lowest BCUT2D eigenvalue weighted by Crippen LogP contribution is -2.19. The third kappa shape index (κ3) is 4.14. The molecule has 1 N–H and O–H groups in total. The maximum absolute atomic E-state index is 10.8. The summed E-state index contributed by atoms with van der Waals surface area (Å²) in [6.45, 7) is 7.10. The molecule has 6 heteroatoms. The average Bonchev–Trinajstić information content (AvgIpc) is 3.02. The van der Waals surface area contributed by atoms with Crippen LogP contribution in [0.5, 0.6) is 0 Å². The molecule has 114 valence electrons. The quantitative estimate of drug-likeness (QED) is 0.830. The highest BCUT2D eigenvalue weighted by Gasteiger charge is 2.22. The molecule has 5 nitrogen and oxygen atoms in total. The minimum absolute atomic E-state index is 0.0152. The number of carboxylic acid groups (broad SMARTS) is 1. The molecule has 0 aliphatic carbocycles. The first kappa shape index (κ1) is 15.7. The van der Waals surface area contributed by atoms with E-state index in [0.717, 1.165) is 29.6 Å². The molecule has 2 heterocycles. The van der Waals surface area contributed by atoms with Crippen molar-refractivity contribution in [1.82, 2.24) is 9.55 Å². The van der Waals surface area contributed by atoms with Crippen molar-refractivity contribution in [2.75, 3.05) is 5.75 Å². The normalized spacial score (nSPS) is 11.8. The van der Waals surface area contributed by atoms with Crippen LogP contribution in [0.2, 0.25) is 0 Å². The van der Waals surface area contributed by atoms with Crippen molar-refractivity contribution < 1.29 is 14.3 Å². The van der Waals surface area contributed by atoms with Gasteiger partial charge in [-0.25, -0.2) is 4.98 Å². The zero-order valence-electron chi connectivity index (χ0n) is 12.5. The maximum Gasteiger partial charge on any atom is 0.313 e. The second-order valence-corrected chi connectivity index (χ2v) is 6.78. The Morgan fingerprint density at radius 1 is 1.48 bits per heavy atom. The van der Waals surface area contributed by atoms with Gasteiger partial charge < -0.3 is 14.1 Å². The minimum atomic E-state index is -0.835. The van der Waals surface area contributed by atoms with Gasteiger partial charge in [-0.05, 0) is 12.1 Å². The third-order valence-electron chi connectivity index (χ3n) is 3.07. The molecule has 2 aromatic rings. The first-order valence-electron chi connectivity index (χ1n) is 6.81. The van der Waals surface area contributed by atoms with E-state index in [1.165, 1.54) is 11.8 Å². The number of carbonyl (C=O) groups is 1. The summed E-state index contributed by atoms with van der Waals surface area (Å²) in [6.07, 6.45) is 4.26. The molecule has 0 fully saturated rings. The van der Waals surface area contributed by atoms with E-state index in [0.29, 0.717) is 0 Å². The van der Waals surface area contributed by atoms with Crippen LogP contribution in [-0.4, -0.2) is 26.4 Å². The average molecular weight is 308 g/mol. The van der Waals surface area contributed by atoms with Crippen molar-refractivity contribution in [3.8, 4) is 0 Å². The third-order valence-corrected chi connectivity index (χ3v) is 4.05. The van der Waals surface area contributed by atoms with Crippen LogP contribution < -0.4 is 0 Å². The molecule has 0 radical (unpaired) electrons. The molecule has 0 saturated carbocycles. The van der Waals surface area contributed by atoms with Gasteiger partial charge in [0.05, 0.1) is 12.0 Å². The highest BCUT2D eigenvalue weighted by atomic mass is 32.2. The summed E-state index contributed by atoms with van der Waals surface area (Å²) in [5.74, 6) is 0.0945. The number of thioether (sulfide) groups is 1. The maximum atomic E-state index is 10.8. The van der Waals surface area contributed by atoms with Crippen LogP contribution in [0.25, 0.3) is 0 Å². The summed E-state index contributed by atoms with van der Waals surface area (Å²) in [6, 6.07) is 3.81. The Labute approximate surface area is 128 Å². The van der Waals surface area contributed by atoms with E-state index in [2.05, 4.69) is 30.3 Å². The van der Waals surface area contributed by atoms with Crippen LogP contribution in [-0.2, 0) is 23.2 Å². The number of aryl methyl sites for hydroxylation is 1. The molecular formula is C15H20N2O3S. The van der Waals surface area contributed by atoms with E-state index in [4.69, 9.17) is 9.52 Å².